The largest absolute Gasteiger partial charge is 0.487 e. The summed E-state index contributed by atoms with van der Waals surface area (Å²) in [7, 11) is 0. The predicted molar refractivity (Wildman–Crippen MR) is 56.7 cm³/mol. The quantitative estimate of drug-likeness (QED) is 0.529. The standard InChI is InChI=1S/C11H16FNO3/c1-3-14-11(15-4-2)8-16-9-5-6-10(12)13-7-9/h5-7,11H,3-4,8H2,1-2H3. The third kappa shape index (κ3) is 4.55. The van der Waals surface area contributed by atoms with Crippen LogP contribution in [0.15, 0.2) is 18.3 Å². The molecule has 0 aliphatic carbocycles. The van der Waals surface area contributed by atoms with E-state index in [1.165, 1.54) is 18.3 Å². The second-order valence-electron chi connectivity index (χ2n) is 2.97. The maximum atomic E-state index is 12.5. The maximum absolute atomic E-state index is 12.5. The van der Waals surface area contributed by atoms with E-state index >= 15 is 0 Å². The highest BCUT2D eigenvalue weighted by Gasteiger charge is 2.08. The van der Waals surface area contributed by atoms with Gasteiger partial charge in [0.25, 0.3) is 0 Å². The Bertz CT molecular complexity index is 286. The molecule has 1 aromatic heterocycles. The van der Waals surface area contributed by atoms with E-state index in [4.69, 9.17) is 14.2 Å². The molecule has 0 atom stereocenters. The number of pyridine rings is 1. The Labute approximate surface area is 94.3 Å². The zero-order chi connectivity index (χ0) is 11.8. The summed E-state index contributed by atoms with van der Waals surface area (Å²) in [5.41, 5.74) is 0. The molecule has 0 fully saturated rings. The summed E-state index contributed by atoms with van der Waals surface area (Å²) in [4.78, 5) is 3.48. The SMILES string of the molecule is CCOC(COc1ccc(F)nc1)OCC. The number of ether oxygens (including phenoxy) is 3. The van der Waals surface area contributed by atoms with Crippen LogP contribution in [0.2, 0.25) is 0 Å². The second kappa shape index (κ2) is 7.14. The second-order valence-corrected chi connectivity index (χ2v) is 2.97. The van der Waals surface area contributed by atoms with Gasteiger partial charge >= 0.3 is 0 Å². The molecule has 16 heavy (non-hydrogen) atoms. The molecular weight excluding hydrogens is 213 g/mol. The lowest BCUT2D eigenvalue weighted by Gasteiger charge is -2.17. The molecule has 1 aromatic rings. The van der Waals surface area contributed by atoms with Crippen molar-refractivity contribution in [3.8, 4) is 5.75 Å². The van der Waals surface area contributed by atoms with Gasteiger partial charge < -0.3 is 14.2 Å². The molecule has 0 unspecified atom stereocenters. The molecule has 0 N–H and O–H groups in total. The lowest BCUT2D eigenvalue weighted by Crippen LogP contribution is -2.25. The van der Waals surface area contributed by atoms with Gasteiger partial charge in [0, 0.05) is 13.2 Å². The minimum absolute atomic E-state index is 0.259. The van der Waals surface area contributed by atoms with Gasteiger partial charge in [-0.1, -0.05) is 0 Å². The van der Waals surface area contributed by atoms with Crippen molar-refractivity contribution in [1.29, 1.82) is 0 Å². The van der Waals surface area contributed by atoms with Gasteiger partial charge in [0.2, 0.25) is 5.95 Å². The zero-order valence-corrected chi connectivity index (χ0v) is 9.48. The van der Waals surface area contributed by atoms with Gasteiger partial charge in [0.1, 0.15) is 12.4 Å². The first-order valence-corrected chi connectivity index (χ1v) is 5.23. The lowest BCUT2D eigenvalue weighted by atomic mass is 10.4. The molecular formula is C11H16FNO3. The number of halogens is 1. The summed E-state index contributed by atoms with van der Waals surface area (Å²) in [5, 5.41) is 0. The Morgan fingerprint density at radius 2 is 1.94 bits per heavy atom. The molecule has 90 valence electrons. The average Bonchev–Trinajstić information content (AvgIpc) is 2.29. The molecule has 0 aromatic carbocycles. The molecule has 0 spiro atoms. The number of hydrogen-bond acceptors (Lipinski definition) is 4. The van der Waals surface area contributed by atoms with Crippen molar-refractivity contribution in [2.75, 3.05) is 19.8 Å². The van der Waals surface area contributed by atoms with Crippen LogP contribution in [0.5, 0.6) is 5.75 Å². The van der Waals surface area contributed by atoms with Gasteiger partial charge in [-0.2, -0.15) is 4.39 Å². The van der Waals surface area contributed by atoms with Crippen molar-refractivity contribution in [3.05, 3.63) is 24.3 Å². The zero-order valence-electron chi connectivity index (χ0n) is 9.48. The highest BCUT2D eigenvalue weighted by atomic mass is 19.1. The third-order valence-electron chi connectivity index (χ3n) is 1.79. The van der Waals surface area contributed by atoms with Crippen LogP contribution in [-0.2, 0) is 9.47 Å². The fraction of sp³-hybridized carbons (Fsp3) is 0.545. The van der Waals surface area contributed by atoms with Crippen LogP contribution in [0.4, 0.5) is 4.39 Å². The van der Waals surface area contributed by atoms with Crippen molar-refractivity contribution in [2.24, 2.45) is 0 Å². The van der Waals surface area contributed by atoms with E-state index < -0.39 is 12.2 Å². The smallest absolute Gasteiger partial charge is 0.213 e. The Morgan fingerprint density at radius 1 is 1.25 bits per heavy atom. The van der Waals surface area contributed by atoms with E-state index in [-0.39, 0.29) is 6.61 Å². The first kappa shape index (κ1) is 12.9. The summed E-state index contributed by atoms with van der Waals surface area (Å²) in [6.07, 6.45) is 0.921. The van der Waals surface area contributed by atoms with Crippen molar-refractivity contribution in [2.45, 2.75) is 20.1 Å². The van der Waals surface area contributed by atoms with Crippen LogP contribution >= 0.6 is 0 Å². The topological polar surface area (TPSA) is 40.6 Å². The van der Waals surface area contributed by atoms with E-state index in [0.717, 1.165) is 0 Å². The molecule has 0 saturated carbocycles. The van der Waals surface area contributed by atoms with Gasteiger partial charge in [-0.05, 0) is 26.0 Å². The molecule has 0 aliphatic heterocycles. The first-order chi connectivity index (χ1) is 7.76. The van der Waals surface area contributed by atoms with Crippen LogP contribution < -0.4 is 4.74 Å². The van der Waals surface area contributed by atoms with Crippen LogP contribution in [0.25, 0.3) is 0 Å². The van der Waals surface area contributed by atoms with E-state index in [2.05, 4.69) is 4.98 Å². The third-order valence-corrected chi connectivity index (χ3v) is 1.79. The molecule has 0 bridgehead atoms. The average molecular weight is 229 g/mol. The van der Waals surface area contributed by atoms with Gasteiger partial charge in [-0.15, -0.1) is 0 Å². The van der Waals surface area contributed by atoms with E-state index in [1.54, 1.807) is 0 Å². The Balaban J connectivity index is 2.38. The highest BCUT2D eigenvalue weighted by molar-refractivity contribution is 5.15. The number of hydrogen-bond donors (Lipinski definition) is 0. The van der Waals surface area contributed by atoms with Crippen LogP contribution in [0.3, 0.4) is 0 Å². The summed E-state index contributed by atoms with van der Waals surface area (Å²) in [6.45, 7) is 5.12. The van der Waals surface area contributed by atoms with Gasteiger partial charge in [0.05, 0.1) is 6.20 Å². The molecule has 0 aliphatic rings. The molecule has 0 radical (unpaired) electrons. The number of rotatable bonds is 7. The fourth-order valence-electron chi connectivity index (χ4n) is 1.13. The summed E-state index contributed by atoms with van der Waals surface area (Å²) < 4.78 is 28.4. The van der Waals surface area contributed by atoms with Crippen molar-refractivity contribution in [1.82, 2.24) is 4.98 Å². The van der Waals surface area contributed by atoms with E-state index in [9.17, 15) is 4.39 Å². The monoisotopic (exact) mass is 229 g/mol. The van der Waals surface area contributed by atoms with Gasteiger partial charge in [-0.25, -0.2) is 4.98 Å². The highest BCUT2D eigenvalue weighted by Crippen LogP contribution is 2.09. The fourth-order valence-corrected chi connectivity index (χ4v) is 1.13. The van der Waals surface area contributed by atoms with E-state index in [1.807, 2.05) is 13.8 Å². The Morgan fingerprint density at radius 3 is 2.44 bits per heavy atom. The molecule has 1 rings (SSSR count). The minimum atomic E-state index is -0.529. The number of nitrogens with zero attached hydrogens (tertiary/aromatic N) is 1. The molecule has 0 saturated heterocycles. The predicted octanol–water partition coefficient (Wildman–Crippen LogP) is 2.00. The Hall–Kier alpha value is -1.20. The lowest BCUT2D eigenvalue weighted by molar-refractivity contribution is -0.152. The van der Waals surface area contributed by atoms with E-state index in [0.29, 0.717) is 19.0 Å². The number of aromatic nitrogens is 1. The molecule has 0 amide bonds. The summed E-state index contributed by atoms with van der Waals surface area (Å²) in [5.74, 6) is -0.0377. The maximum Gasteiger partial charge on any atom is 0.213 e. The minimum Gasteiger partial charge on any atom is -0.487 e. The molecule has 5 heteroatoms. The van der Waals surface area contributed by atoms with Crippen molar-refractivity contribution < 1.29 is 18.6 Å². The molecule has 4 nitrogen and oxygen atoms in total. The van der Waals surface area contributed by atoms with Crippen LogP contribution in [0, 0.1) is 5.95 Å². The first-order valence-electron chi connectivity index (χ1n) is 5.23. The van der Waals surface area contributed by atoms with Gasteiger partial charge in [0.15, 0.2) is 6.29 Å². The van der Waals surface area contributed by atoms with Crippen molar-refractivity contribution in [3.63, 3.8) is 0 Å². The van der Waals surface area contributed by atoms with Crippen LogP contribution in [-0.4, -0.2) is 31.1 Å². The normalized spacial score (nSPS) is 10.8. The van der Waals surface area contributed by atoms with Crippen molar-refractivity contribution >= 4 is 0 Å². The molecule has 1 heterocycles. The van der Waals surface area contributed by atoms with Gasteiger partial charge in [-0.3, -0.25) is 0 Å². The Kier molecular flexibility index (Phi) is 5.74. The summed E-state index contributed by atoms with van der Waals surface area (Å²) >= 11 is 0. The van der Waals surface area contributed by atoms with Crippen LogP contribution in [0.1, 0.15) is 13.8 Å². The summed E-state index contributed by atoms with van der Waals surface area (Å²) in [6, 6.07) is 2.75.